The van der Waals surface area contributed by atoms with E-state index in [-0.39, 0.29) is 5.82 Å². The number of thiazole rings is 1. The summed E-state index contributed by atoms with van der Waals surface area (Å²) < 4.78 is 13.1. The average molecular weight is 378 g/mol. The molecule has 0 radical (unpaired) electrons. The molecule has 2 aromatic carbocycles. The first-order chi connectivity index (χ1) is 11.5. The first kappa shape index (κ1) is 17.5. The zero-order valence-corrected chi connectivity index (χ0v) is 15.9. The summed E-state index contributed by atoms with van der Waals surface area (Å²) in [5, 5.41) is 3.54. The van der Waals surface area contributed by atoms with Crippen molar-refractivity contribution in [3.63, 3.8) is 0 Å². The number of rotatable bonds is 5. The minimum atomic E-state index is -0.312. The van der Waals surface area contributed by atoms with E-state index in [0.29, 0.717) is 11.4 Å². The van der Waals surface area contributed by atoms with E-state index in [1.165, 1.54) is 28.2 Å². The lowest BCUT2D eigenvalue weighted by atomic mass is 10.1. The Kier molecular flexibility index (Phi) is 5.59. The number of halogens is 2. The quantitative estimate of drug-likeness (QED) is 0.475. The van der Waals surface area contributed by atoms with Crippen LogP contribution in [-0.4, -0.2) is 4.98 Å². The number of aromatic nitrogens is 1. The molecule has 0 bridgehead atoms. The van der Waals surface area contributed by atoms with Crippen molar-refractivity contribution in [1.82, 2.24) is 4.98 Å². The van der Waals surface area contributed by atoms with E-state index >= 15 is 0 Å². The average Bonchev–Trinajstić information content (AvgIpc) is 2.95. The lowest BCUT2D eigenvalue weighted by Crippen LogP contribution is -1.91. The van der Waals surface area contributed by atoms with E-state index in [2.05, 4.69) is 42.4 Å². The van der Waals surface area contributed by atoms with Gasteiger partial charge in [0.05, 0.1) is 10.7 Å². The van der Waals surface area contributed by atoms with Crippen LogP contribution >= 0.6 is 34.7 Å². The number of benzene rings is 2. The molecule has 0 aliphatic carbocycles. The molecule has 0 unspecified atom stereocenters. The molecule has 0 saturated heterocycles. The molecule has 0 atom stereocenters. The van der Waals surface area contributed by atoms with Crippen molar-refractivity contribution in [3.8, 4) is 0 Å². The third-order valence-electron chi connectivity index (χ3n) is 3.54. The van der Waals surface area contributed by atoms with E-state index in [9.17, 15) is 4.39 Å². The molecule has 1 aromatic heterocycles. The number of aryl methyl sites for hydroxylation is 2. The van der Waals surface area contributed by atoms with Crippen molar-refractivity contribution in [2.24, 2.45) is 0 Å². The van der Waals surface area contributed by atoms with Gasteiger partial charge in [-0.15, -0.1) is 23.1 Å². The van der Waals surface area contributed by atoms with Gasteiger partial charge in [0.2, 0.25) is 0 Å². The van der Waals surface area contributed by atoms with Crippen LogP contribution in [0.25, 0.3) is 0 Å². The highest BCUT2D eigenvalue weighted by Crippen LogP contribution is 2.27. The number of hydrogen-bond acceptors (Lipinski definition) is 3. The predicted octanol–water partition coefficient (Wildman–Crippen LogP) is 6.44. The van der Waals surface area contributed by atoms with Gasteiger partial charge in [-0.25, -0.2) is 9.37 Å². The summed E-state index contributed by atoms with van der Waals surface area (Å²) in [5.41, 5.74) is 4.53. The van der Waals surface area contributed by atoms with E-state index in [1.807, 2.05) is 0 Å². The molecule has 3 aromatic rings. The lowest BCUT2D eigenvalue weighted by molar-refractivity contribution is 0.627. The van der Waals surface area contributed by atoms with Crippen LogP contribution in [0.1, 0.15) is 27.4 Å². The Labute approximate surface area is 154 Å². The second kappa shape index (κ2) is 7.68. The van der Waals surface area contributed by atoms with Crippen molar-refractivity contribution in [3.05, 3.63) is 80.0 Å². The maximum absolute atomic E-state index is 13.1. The summed E-state index contributed by atoms with van der Waals surface area (Å²) in [6.07, 6.45) is 0.637. The molecule has 0 aliphatic rings. The largest absolute Gasteiger partial charge is 0.245 e. The van der Waals surface area contributed by atoms with Crippen molar-refractivity contribution < 1.29 is 4.39 Å². The first-order valence-corrected chi connectivity index (χ1v) is 9.82. The SMILES string of the molecule is Cc1cc(C)cc(SCc2csc(Cc3ccc(F)cc3Cl)n2)c1. The number of hydrogen-bond donors (Lipinski definition) is 0. The summed E-state index contributed by atoms with van der Waals surface area (Å²) in [6, 6.07) is 11.1. The molecular weight excluding hydrogens is 361 g/mol. The molecule has 0 N–H and O–H groups in total. The molecule has 0 amide bonds. The molecule has 24 heavy (non-hydrogen) atoms. The fourth-order valence-electron chi connectivity index (χ4n) is 2.50. The topological polar surface area (TPSA) is 12.9 Å². The van der Waals surface area contributed by atoms with Gasteiger partial charge in [-0.1, -0.05) is 23.7 Å². The van der Waals surface area contributed by atoms with Gasteiger partial charge >= 0.3 is 0 Å². The lowest BCUT2D eigenvalue weighted by Gasteiger charge is -2.03. The summed E-state index contributed by atoms with van der Waals surface area (Å²) in [7, 11) is 0. The van der Waals surface area contributed by atoms with Gasteiger partial charge in [-0.2, -0.15) is 0 Å². The highest BCUT2D eigenvalue weighted by Gasteiger charge is 2.08. The third-order valence-corrected chi connectivity index (χ3v) is 5.80. The van der Waals surface area contributed by atoms with Crippen LogP contribution in [-0.2, 0) is 12.2 Å². The molecule has 3 rings (SSSR count). The summed E-state index contributed by atoms with van der Waals surface area (Å²) >= 11 is 9.51. The summed E-state index contributed by atoms with van der Waals surface area (Å²) in [4.78, 5) is 5.94. The van der Waals surface area contributed by atoms with E-state index in [4.69, 9.17) is 11.6 Å². The van der Waals surface area contributed by atoms with Gasteiger partial charge in [0, 0.05) is 27.5 Å². The number of thioether (sulfide) groups is 1. The van der Waals surface area contributed by atoms with Crippen molar-refractivity contribution >= 4 is 34.7 Å². The monoisotopic (exact) mass is 377 g/mol. The third kappa shape index (κ3) is 4.59. The predicted molar refractivity (Wildman–Crippen MR) is 102 cm³/mol. The molecular formula is C19H17ClFNS2. The normalized spacial score (nSPS) is 11.0. The molecule has 5 heteroatoms. The minimum absolute atomic E-state index is 0.312. The molecule has 124 valence electrons. The fraction of sp³-hybridized carbons (Fsp3) is 0.211. The molecule has 0 spiro atoms. The van der Waals surface area contributed by atoms with Crippen LogP contribution in [0, 0.1) is 19.7 Å². The summed E-state index contributed by atoms with van der Waals surface area (Å²) in [6.45, 7) is 4.23. The Balaban J connectivity index is 1.65. The molecule has 0 fully saturated rings. The Morgan fingerprint density at radius 3 is 2.58 bits per heavy atom. The van der Waals surface area contributed by atoms with Crippen LogP contribution in [0.4, 0.5) is 4.39 Å². The second-order valence-electron chi connectivity index (χ2n) is 5.76. The van der Waals surface area contributed by atoms with Gasteiger partial charge in [0.15, 0.2) is 0 Å². The van der Waals surface area contributed by atoms with Gasteiger partial charge in [-0.3, -0.25) is 0 Å². The fourth-order valence-corrected chi connectivity index (χ4v) is 4.66. The smallest absolute Gasteiger partial charge is 0.124 e. The molecule has 1 nitrogen and oxygen atoms in total. The highest BCUT2D eigenvalue weighted by molar-refractivity contribution is 7.98. The first-order valence-electron chi connectivity index (χ1n) is 7.58. The maximum atomic E-state index is 13.1. The standard InChI is InChI=1S/C19H17ClFNS2/c1-12-5-13(2)7-17(6-12)23-10-16-11-24-19(22-16)8-14-3-4-15(21)9-18(14)20/h3-7,9,11H,8,10H2,1-2H3. The zero-order valence-electron chi connectivity index (χ0n) is 13.5. The van der Waals surface area contributed by atoms with Crippen molar-refractivity contribution in [2.75, 3.05) is 0 Å². The van der Waals surface area contributed by atoms with Gasteiger partial charge in [0.1, 0.15) is 5.82 Å². The van der Waals surface area contributed by atoms with E-state index in [0.717, 1.165) is 22.0 Å². The molecule has 1 heterocycles. The van der Waals surface area contributed by atoms with Crippen LogP contribution in [0.3, 0.4) is 0 Å². The maximum Gasteiger partial charge on any atom is 0.124 e. The number of nitrogens with zero attached hydrogens (tertiary/aromatic N) is 1. The molecule has 0 aliphatic heterocycles. The summed E-state index contributed by atoms with van der Waals surface area (Å²) in [5.74, 6) is 0.532. The van der Waals surface area contributed by atoms with Crippen molar-refractivity contribution in [1.29, 1.82) is 0 Å². The second-order valence-corrected chi connectivity index (χ2v) is 8.16. The van der Waals surface area contributed by atoms with Gasteiger partial charge in [-0.05, 0) is 54.8 Å². The minimum Gasteiger partial charge on any atom is -0.245 e. The molecule has 0 saturated carbocycles. The van der Waals surface area contributed by atoms with E-state index < -0.39 is 0 Å². The van der Waals surface area contributed by atoms with Crippen LogP contribution in [0.5, 0.6) is 0 Å². The Morgan fingerprint density at radius 2 is 1.88 bits per heavy atom. The Bertz CT molecular complexity index is 840. The highest BCUT2D eigenvalue weighted by atomic mass is 35.5. The zero-order chi connectivity index (χ0) is 17.1. The Morgan fingerprint density at radius 1 is 1.12 bits per heavy atom. The Hall–Kier alpha value is -1.36. The van der Waals surface area contributed by atoms with Gasteiger partial charge in [0.25, 0.3) is 0 Å². The van der Waals surface area contributed by atoms with Crippen LogP contribution in [0.2, 0.25) is 5.02 Å². The van der Waals surface area contributed by atoms with Crippen LogP contribution < -0.4 is 0 Å². The van der Waals surface area contributed by atoms with Crippen LogP contribution in [0.15, 0.2) is 46.7 Å². The van der Waals surface area contributed by atoms with E-state index in [1.54, 1.807) is 29.2 Å². The van der Waals surface area contributed by atoms with Gasteiger partial charge < -0.3 is 0 Å². The van der Waals surface area contributed by atoms with Crippen molar-refractivity contribution in [2.45, 2.75) is 30.9 Å².